The number of aromatic nitrogens is 1. The molecule has 0 aliphatic carbocycles. The quantitative estimate of drug-likeness (QED) is 0.170. The zero-order valence-electron chi connectivity index (χ0n) is 23.7. The van der Waals surface area contributed by atoms with E-state index in [2.05, 4.69) is 10.5 Å². The van der Waals surface area contributed by atoms with Gasteiger partial charge in [0.25, 0.3) is 15.9 Å². The van der Waals surface area contributed by atoms with Crippen molar-refractivity contribution in [2.75, 3.05) is 25.1 Å². The summed E-state index contributed by atoms with van der Waals surface area (Å²) >= 11 is 12.6. The van der Waals surface area contributed by atoms with Gasteiger partial charge in [-0.15, -0.1) is 0 Å². The van der Waals surface area contributed by atoms with Crippen molar-refractivity contribution < 1.29 is 22.7 Å². The number of nitrogens with zero attached hydrogens (tertiary/aromatic N) is 3. The third-order valence-electron chi connectivity index (χ3n) is 6.59. The maximum absolute atomic E-state index is 13.7. The number of rotatable bonds is 10. The van der Waals surface area contributed by atoms with Gasteiger partial charge in [-0.2, -0.15) is 5.10 Å². The van der Waals surface area contributed by atoms with E-state index >= 15 is 0 Å². The van der Waals surface area contributed by atoms with Crippen LogP contribution in [-0.2, 0) is 14.8 Å². The van der Waals surface area contributed by atoms with E-state index in [-0.39, 0.29) is 10.6 Å². The molecule has 0 fully saturated rings. The highest BCUT2D eigenvalue weighted by atomic mass is 35.5. The third-order valence-corrected chi connectivity index (χ3v) is 9.18. The number of hydrazone groups is 1. The number of ether oxygens (including phenoxy) is 2. The Labute approximate surface area is 255 Å². The van der Waals surface area contributed by atoms with E-state index in [4.69, 9.17) is 32.7 Å². The van der Waals surface area contributed by atoms with E-state index in [1.165, 1.54) is 38.6 Å². The van der Waals surface area contributed by atoms with Gasteiger partial charge in [-0.3, -0.25) is 9.10 Å². The summed E-state index contributed by atoms with van der Waals surface area (Å²) < 4.78 is 41.0. The first-order chi connectivity index (χ1) is 20.0. The number of anilines is 1. The van der Waals surface area contributed by atoms with Crippen LogP contribution in [0.3, 0.4) is 0 Å². The van der Waals surface area contributed by atoms with Crippen molar-refractivity contribution in [1.82, 2.24) is 9.99 Å². The van der Waals surface area contributed by atoms with Gasteiger partial charge in [-0.1, -0.05) is 47.0 Å². The normalized spacial score (nSPS) is 11.5. The van der Waals surface area contributed by atoms with Crippen LogP contribution in [0.1, 0.15) is 22.5 Å². The molecule has 0 aliphatic rings. The number of hydrogen-bond acceptors (Lipinski definition) is 6. The molecule has 9 nitrogen and oxygen atoms in total. The predicted molar refractivity (Wildman–Crippen MR) is 166 cm³/mol. The van der Waals surface area contributed by atoms with Crippen LogP contribution in [0, 0.1) is 20.8 Å². The van der Waals surface area contributed by atoms with Crippen molar-refractivity contribution in [2.24, 2.45) is 5.10 Å². The Balaban J connectivity index is 1.61. The lowest BCUT2D eigenvalue weighted by atomic mass is 10.2. The van der Waals surface area contributed by atoms with Crippen LogP contribution in [-0.4, -0.2) is 45.9 Å². The van der Waals surface area contributed by atoms with Gasteiger partial charge in [0.15, 0.2) is 11.5 Å². The molecular weight excluding hydrogens is 599 g/mol. The van der Waals surface area contributed by atoms with Crippen molar-refractivity contribution in [1.29, 1.82) is 0 Å². The molecule has 42 heavy (non-hydrogen) atoms. The lowest BCUT2D eigenvalue weighted by molar-refractivity contribution is -0.119. The van der Waals surface area contributed by atoms with Gasteiger partial charge in [-0.05, 0) is 63.2 Å². The highest BCUT2D eigenvalue weighted by molar-refractivity contribution is 7.92. The van der Waals surface area contributed by atoms with Crippen LogP contribution in [0.15, 0.2) is 76.7 Å². The number of benzene rings is 3. The summed E-state index contributed by atoms with van der Waals surface area (Å²) in [6.45, 7) is 5.12. The fraction of sp³-hybridized carbons (Fsp3) is 0.200. The Morgan fingerprint density at radius 3 is 2.33 bits per heavy atom. The fourth-order valence-corrected chi connectivity index (χ4v) is 6.22. The summed E-state index contributed by atoms with van der Waals surface area (Å²) in [6, 6.07) is 18.3. The molecule has 4 aromatic rings. The minimum atomic E-state index is -4.14. The van der Waals surface area contributed by atoms with Gasteiger partial charge in [-0.25, -0.2) is 13.8 Å². The second-order valence-electron chi connectivity index (χ2n) is 9.39. The number of halogens is 2. The Bertz CT molecular complexity index is 1750. The molecule has 1 amide bonds. The Morgan fingerprint density at radius 2 is 1.67 bits per heavy atom. The second kappa shape index (κ2) is 12.9. The first-order valence-electron chi connectivity index (χ1n) is 12.7. The zero-order valence-corrected chi connectivity index (χ0v) is 26.0. The second-order valence-corrected chi connectivity index (χ2v) is 12.0. The van der Waals surface area contributed by atoms with Crippen LogP contribution < -0.4 is 19.2 Å². The van der Waals surface area contributed by atoms with Gasteiger partial charge >= 0.3 is 0 Å². The summed E-state index contributed by atoms with van der Waals surface area (Å²) in [6.07, 6.45) is 1.49. The minimum Gasteiger partial charge on any atom is -0.493 e. The molecular formula is C30H30Cl2N4O5S. The molecule has 3 aromatic carbocycles. The van der Waals surface area contributed by atoms with Crippen LogP contribution in [0.2, 0.25) is 10.0 Å². The summed E-state index contributed by atoms with van der Waals surface area (Å²) in [7, 11) is -1.22. The minimum absolute atomic E-state index is 0.0336. The molecule has 0 spiro atoms. The molecule has 12 heteroatoms. The molecule has 0 bridgehead atoms. The van der Waals surface area contributed by atoms with E-state index in [1.807, 2.05) is 43.5 Å². The molecule has 220 valence electrons. The lowest BCUT2D eigenvalue weighted by Gasteiger charge is -2.24. The van der Waals surface area contributed by atoms with E-state index in [0.717, 1.165) is 32.5 Å². The Hall–Kier alpha value is -3.99. The highest BCUT2D eigenvalue weighted by Crippen LogP contribution is 2.34. The number of carbonyl (C=O) groups excluding carboxylic acids is 1. The first-order valence-corrected chi connectivity index (χ1v) is 14.9. The van der Waals surface area contributed by atoms with Crippen molar-refractivity contribution in [3.8, 4) is 17.2 Å². The van der Waals surface area contributed by atoms with Crippen molar-refractivity contribution in [3.05, 3.63) is 99.3 Å². The van der Waals surface area contributed by atoms with Crippen molar-refractivity contribution in [2.45, 2.75) is 25.7 Å². The van der Waals surface area contributed by atoms with Crippen molar-refractivity contribution >= 4 is 51.0 Å². The van der Waals surface area contributed by atoms with Gasteiger partial charge in [0.2, 0.25) is 0 Å². The standard InChI is InChI=1S/C30H30Cl2N4O5S/c1-19-9-12-24(13-10-19)42(38,39)35(23-11-14-27(40-4)28(16-23)41-5)18-29(37)34-33-17-22-15-20(2)36(21(22)3)26-8-6-7-25(31)30(26)32/h6-17H,18H2,1-5H3,(H,34,37)/b33-17-. The molecule has 0 radical (unpaired) electrons. The fourth-order valence-electron chi connectivity index (χ4n) is 4.43. The highest BCUT2D eigenvalue weighted by Gasteiger charge is 2.28. The average Bonchev–Trinajstić information content (AvgIpc) is 3.25. The molecule has 1 N–H and O–H groups in total. The molecule has 0 aliphatic heterocycles. The van der Waals surface area contributed by atoms with Gasteiger partial charge in [0.05, 0.1) is 46.7 Å². The summed E-state index contributed by atoms with van der Waals surface area (Å²) in [5.74, 6) is 0.0794. The van der Waals surface area contributed by atoms with E-state index in [1.54, 1.807) is 30.3 Å². The van der Waals surface area contributed by atoms with Crippen LogP contribution in [0.25, 0.3) is 5.69 Å². The number of sulfonamides is 1. The molecule has 4 rings (SSSR count). The topological polar surface area (TPSA) is 102 Å². The molecule has 1 heterocycles. The number of carbonyl (C=O) groups is 1. The predicted octanol–water partition coefficient (Wildman–Crippen LogP) is 6.07. The summed E-state index contributed by atoms with van der Waals surface area (Å²) in [5.41, 5.74) is 6.71. The third kappa shape index (κ3) is 6.41. The average molecular weight is 630 g/mol. The zero-order chi connectivity index (χ0) is 30.6. The van der Waals surface area contributed by atoms with Crippen LogP contribution in [0.4, 0.5) is 5.69 Å². The van der Waals surface area contributed by atoms with Crippen molar-refractivity contribution in [3.63, 3.8) is 0 Å². The number of amides is 1. The van der Waals surface area contributed by atoms with E-state index in [0.29, 0.717) is 21.5 Å². The van der Waals surface area contributed by atoms with E-state index < -0.39 is 22.5 Å². The summed E-state index contributed by atoms with van der Waals surface area (Å²) in [4.78, 5) is 13.1. The smallest absolute Gasteiger partial charge is 0.264 e. The Morgan fingerprint density at radius 1 is 0.976 bits per heavy atom. The van der Waals surface area contributed by atoms with E-state index in [9.17, 15) is 13.2 Å². The van der Waals surface area contributed by atoms with Gasteiger partial charge in [0.1, 0.15) is 6.54 Å². The monoisotopic (exact) mass is 628 g/mol. The molecule has 0 saturated carbocycles. The largest absolute Gasteiger partial charge is 0.493 e. The maximum Gasteiger partial charge on any atom is 0.264 e. The molecule has 0 unspecified atom stereocenters. The van der Waals surface area contributed by atoms with Gasteiger partial charge < -0.3 is 14.0 Å². The van der Waals surface area contributed by atoms with Crippen LogP contribution in [0.5, 0.6) is 11.5 Å². The lowest BCUT2D eigenvalue weighted by Crippen LogP contribution is -2.39. The number of methoxy groups -OCH3 is 2. The molecule has 1 aromatic heterocycles. The first kappa shape index (κ1) is 31.0. The number of nitrogens with one attached hydrogen (secondary N) is 1. The molecule has 0 saturated heterocycles. The Kier molecular flexibility index (Phi) is 9.50. The SMILES string of the molecule is COc1ccc(N(CC(=O)N/N=C\c2cc(C)n(-c3cccc(Cl)c3Cl)c2C)S(=O)(=O)c2ccc(C)cc2)cc1OC. The number of hydrogen-bond donors (Lipinski definition) is 1. The van der Waals surface area contributed by atoms with Gasteiger partial charge in [0, 0.05) is 23.0 Å². The number of aryl methyl sites for hydroxylation is 2. The summed E-state index contributed by atoms with van der Waals surface area (Å²) in [5, 5.41) is 4.95. The van der Waals surface area contributed by atoms with Crippen LogP contribution >= 0.6 is 23.2 Å². The molecule has 0 atom stereocenters. The maximum atomic E-state index is 13.7.